The number of piperazine rings is 1. The largest absolute Gasteiger partial charge is 0.347 e. The summed E-state index contributed by atoms with van der Waals surface area (Å²) in [4.78, 5) is 27.8. The van der Waals surface area contributed by atoms with Crippen LogP contribution in [0.1, 0.15) is 32.3 Å². The quantitative estimate of drug-likeness (QED) is 0.787. The second-order valence-electron chi connectivity index (χ2n) is 7.07. The summed E-state index contributed by atoms with van der Waals surface area (Å²) in [6.07, 6.45) is 1.26. The molecule has 2 rings (SSSR count). The molecular formula is C19H27ClFN3O2. The van der Waals surface area contributed by atoms with Gasteiger partial charge in [-0.25, -0.2) is 4.39 Å². The summed E-state index contributed by atoms with van der Waals surface area (Å²) in [7, 11) is 0. The van der Waals surface area contributed by atoms with E-state index in [1.165, 1.54) is 6.07 Å². The normalized spacial score (nSPS) is 15.3. The highest BCUT2D eigenvalue weighted by atomic mass is 35.5. The van der Waals surface area contributed by atoms with Crippen LogP contribution < -0.4 is 5.32 Å². The van der Waals surface area contributed by atoms with Crippen LogP contribution >= 0.6 is 11.6 Å². The molecule has 1 aliphatic rings. The average Bonchev–Trinajstić information content (AvgIpc) is 2.61. The van der Waals surface area contributed by atoms with Gasteiger partial charge in [-0.05, 0) is 24.5 Å². The lowest BCUT2D eigenvalue weighted by atomic mass is 10.1. The Kier molecular flexibility index (Phi) is 7.85. The van der Waals surface area contributed by atoms with E-state index in [-0.39, 0.29) is 24.2 Å². The van der Waals surface area contributed by atoms with Gasteiger partial charge in [0.25, 0.3) is 0 Å². The zero-order chi connectivity index (χ0) is 19.1. The first-order valence-electron chi connectivity index (χ1n) is 9.06. The van der Waals surface area contributed by atoms with E-state index in [1.807, 2.05) is 0 Å². The van der Waals surface area contributed by atoms with Crippen LogP contribution in [0.2, 0.25) is 5.02 Å². The molecular weight excluding hydrogens is 357 g/mol. The molecule has 0 bridgehead atoms. The van der Waals surface area contributed by atoms with Crippen molar-refractivity contribution in [2.24, 2.45) is 5.92 Å². The number of nitrogens with one attached hydrogen (secondary N) is 1. The molecule has 1 saturated heterocycles. The molecule has 0 radical (unpaired) electrons. The summed E-state index contributed by atoms with van der Waals surface area (Å²) in [6, 6.07) is 4.68. The Morgan fingerprint density at radius 1 is 1.23 bits per heavy atom. The number of carbonyl (C=O) groups is 2. The maximum absolute atomic E-state index is 13.9. The summed E-state index contributed by atoms with van der Waals surface area (Å²) < 4.78 is 13.9. The summed E-state index contributed by atoms with van der Waals surface area (Å²) in [5, 5.41) is 3.11. The Hall–Kier alpha value is -1.66. The molecule has 7 heteroatoms. The first-order chi connectivity index (χ1) is 12.4. The van der Waals surface area contributed by atoms with Crippen molar-refractivity contribution in [1.82, 2.24) is 15.1 Å². The van der Waals surface area contributed by atoms with Crippen LogP contribution in [0.4, 0.5) is 4.39 Å². The van der Waals surface area contributed by atoms with Gasteiger partial charge in [0.05, 0.1) is 6.54 Å². The van der Waals surface area contributed by atoms with Crippen LogP contribution in [-0.2, 0) is 16.1 Å². The van der Waals surface area contributed by atoms with Gasteiger partial charge in [0.2, 0.25) is 11.8 Å². The lowest BCUT2D eigenvalue weighted by Crippen LogP contribution is -2.50. The zero-order valence-electron chi connectivity index (χ0n) is 15.4. The third-order valence-electron chi connectivity index (χ3n) is 4.55. The molecule has 0 atom stereocenters. The van der Waals surface area contributed by atoms with Crippen LogP contribution in [0.15, 0.2) is 18.2 Å². The fraction of sp³-hybridized carbons (Fsp3) is 0.579. The van der Waals surface area contributed by atoms with Crippen molar-refractivity contribution in [3.63, 3.8) is 0 Å². The van der Waals surface area contributed by atoms with Gasteiger partial charge in [0.1, 0.15) is 5.82 Å². The topological polar surface area (TPSA) is 52.7 Å². The minimum atomic E-state index is -0.305. The lowest BCUT2D eigenvalue weighted by molar-refractivity contribution is -0.134. The highest BCUT2D eigenvalue weighted by Crippen LogP contribution is 2.21. The second-order valence-corrected chi connectivity index (χ2v) is 7.47. The van der Waals surface area contributed by atoms with Crippen molar-refractivity contribution < 1.29 is 14.0 Å². The highest BCUT2D eigenvalue weighted by Gasteiger charge is 2.22. The molecule has 144 valence electrons. The molecule has 1 aliphatic heterocycles. The van der Waals surface area contributed by atoms with Crippen molar-refractivity contribution in [3.05, 3.63) is 34.6 Å². The Balaban J connectivity index is 1.74. The molecule has 0 aromatic heterocycles. The van der Waals surface area contributed by atoms with Crippen LogP contribution in [0, 0.1) is 11.7 Å². The highest BCUT2D eigenvalue weighted by molar-refractivity contribution is 6.31. The number of hydrogen-bond donors (Lipinski definition) is 1. The number of rotatable bonds is 7. The van der Waals surface area contributed by atoms with Crippen molar-refractivity contribution in [2.45, 2.75) is 33.2 Å². The predicted octanol–water partition coefficient (Wildman–Crippen LogP) is 2.68. The average molecular weight is 384 g/mol. The van der Waals surface area contributed by atoms with Crippen molar-refractivity contribution in [2.75, 3.05) is 32.7 Å². The predicted molar refractivity (Wildman–Crippen MR) is 100 cm³/mol. The molecule has 0 aliphatic carbocycles. The van der Waals surface area contributed by atoms with E-state index in [1.54, 1.807) is 17.0 Å². The molecule has 0 saturated carbocycles. The first kappa shape index (κ1) is 20.6. The Bertz CT molecular complexity index is 611. The van der Waals surface area contributed by atoms with Crippen LogP contribution in [0.25, 0.3) is 0 Å². The van der Waals surface area contributed by atoms with Gasteiger partial charge in [-0.3, -0.25) is 14.5 Å². The monoisotopic (exact) mass is 383 g/mol. The van der Waals surface area contributed by atoms with E-state index in [9.17, 15) is 14.0 Å². The summed E-state index contributed by atoms with van der Waals surface area (Å²) >= 11 is 6.07. The van der Waals surface area contributed by atoms with E-state index in [4.69, 9.17) is 11.6 Å². The number of carbonyl (C=O) groups excluding carboxylic acids is 2. The lowest BCUT2D eigenvalue weighted by Gasteiger charge is -2.35. The minimum absolute atomic E-state index is 0.0378. The van der Waals surface area contributed by atoms with Gasteiger partial charge in [0.15, 0.2) is 0 Å². The summed E-state index contributed by atoms with van der Waals surface area (Å²) in [6.45, 7) is 7.02. The van der Waals surface area contributed by atoms with Gasteiger partial charge < -0.3 is 10.2 Å². The first-order valence-corrected chi connectivity index (χ1v) is 9.44. The zero-order valence-corrected chi connectivity index (χ0v) is 16.2. The maximum Gasteiger partial charge on any atom is 0.242 e. The molecule has 0 unspecified atom stereocenters. The SMILES string of the molecule is CC(C)CCC(=O)NCC(=O)N1CCN(Cc2c(F)cccc2Cl)CC1. The molecule has 1 heterocycles. The summed E-state index contributed by atoms with van der Waals surface area (Å²) in [5.41, 5.74) is 0.492. The standard InChI is InChI=1S/C19H27ClFN3O2/c1-14(2)6-7-18(25)22-12-19(26)24-10-8-23(9-11-24)13-15-16(20)4-3-5-17(15)21/h3-5,14H,6-13H2,1-2H3,(H,22,25). The van der Waals surface area contributed by atoms with Crippen molar-refractivity contribution >= 4 is 23.4 Å². The fourth-order valence-electron chi connectivity index (χ4n) is 2.86. The molecule has 1 N–H and O–H groups in total. The van der Waals surface area contributed by atoms with Crippen LogP contribution in [0.3, 0.4) is 0 Å². The van der Waals surface area contributed by atoms with E-state index < -0.39 is 0 Å². The summed E-state index contributed by atoms with van der Waals surface area (Å²) in [5.74, 6) is -0.000971. The van der Waals surface area contributed by atoms with Gasteiger partial charge in [-0.15, -0.1) is 0 Å². The van der Waals surface area contributed by atoms with Gasteiger partial charge in [-0.1, -0.05) is 31.5 Å². The Morgan fingerprint density at radius 2 is 1.92 bits per heavy atom. The molecule has 1 aromatic rings. The molecule has 2 amide bonds. The number of amides is 2. The Morgan fingerprint density at radius 3 is 2.54 bits per heavy atom. The third kappa shape index (κ3) is 6.25. The molecule has 1 fully saturated rings. The van der Waals surface area contributed by atoms with Crippen LogP contribution in [0.5, 0.6) is 0 Å². The fourth-order valence-corrected chi connectivity index (χ4v) is 3.08. The van der Waals surface area contributed by atoms with Crippen LogP contribution in [-0.4, -0.2) is 54.3 Å². The van der Waals surface area contributed by atoms with E-state index in [0.29, 0.717) is 55.6 Å². The van der Waals surface area contributed by atoms with E-state index >= 15 is 0 Å². The van der Waals surface area contributed by atoms with Crippen molar-refractivity contribution in [1.29, 1.82) is 0 Å². The Labute approximate surface area is 159 Å². The number of nitrogens with zero attached hydrogens (tertiary/aromatic N) is 2. The van der Waals surface area contributed by atoms with E-state index in [0.717, 1.165) is 6.42 Å². The van der Waals surface area contributed by atoms with Gasteiger partial charge >= 0.3 is 0 Å². The van der Waals surface area contributed by atoms with E-state index in [2.05, 4.69) is 24.1 Å². The number of halogens is 2. The second kappa shape index (κ2) is 9.88. The minimum Gasteiger partial charge on any atom is -0.347 e. The molecule has 5 nitrogen and oxygen atoms in total. The molecule has 26 heavy (non-hydrogen) atoms. The van der Waals surface area contributed by atoms with Gasteiger partial charge in [-0.2, -0.15) is 0 Å². The number of benzene rings is 1. The smallest absolute Gasteiger partial charge is 0.242 e. The van der Waals surface area contributed by atoms with Gasteiger partial charge in [0, 0.05) is 49.7 Å². The third-order valence-corrected chi connectivity index (χ3v) is 4.91. The van der Waals surface area contributed by atoms with Crippen molar-refractivity contribution in [3.8, 4) is 0 Å². The molecule has 0 spiro atoms. The number of hydrogen-bond acceptors (Lipinski definition) is 3. The maximum atomic E-state index is 13.9. The molecule has 1 aromatic carbocycles.